The molecule has 4 rings (SSSR count). The Morgan fingerprint density at radius 1 is 1.11 bits per heavy atom. The summed E-state index contributed by atoms with van der Waals surface area (Å²) < 4.78 is 0. The molecular weight excluding hydrogens is 382 g/mol. The fraction of sp³-hybridized carbons (Fsp3) is 0.0500. The van der Waals surface area contributed by atoms with Gasteiger partial charge in [-0.05, 0) is 23.8 Å². The number of aromatic nitrogens is 2. The molecule has 0 saturated heterocycles. The maximum absolute atomic E-state index is 11.8. The van der Waals surface area contributed by atoms with Gasteiger partial charge in [0.1, 0.15) is 27.7 Å². The SMILES string of the molecule is O=C(O)C(Cc1c[nH]c2ccccc12)=Nc1c(Cl)c(O)c2cccnc2c1O. The maximum atomic E-state index is 11.8. The molecule has 0 aliphatic carbocycles. The largest absolute Gasteiger partial charge is 0.506 e. The number of phenols is 2. The van der Waals surface area contributed by atoms with E-state index in [0.29, 0.717) is 0 Å². The van der Waals surface area contributed by atoms with Crippen molar-refractivity contribution in [2.24, 2.45) is 4.99 Å². The van der Waals surface area contributed by atoms with E-state index < -0.39 is 11.7 Å². The van der Waals surface area contributed by atoms with Gasteiger partial charge in [-0.3, -0.25) is 4.98 Å². The molecule has 8 heteroatoms. The third-order valence-corrected chi connectivity index (χ3v) is 4.81. The molecule has 0 saturated carbocycles. The number of aliphatic carboxylic acids is 1. The fourth-order valence-electron chi connectivity index (χ4n) is 3.09. The molecule has 0 aliphatic heterocycles. The zero-order valence-corrected chi connectivity index (χ0v) is 15.1. The van der Waals surface area contributed by atoms with Gasteiger partial charge in [0.05, 0.1) is 0 Å². The number of carbonyl (C=O) groups is 1. The first kappa shape index (κ1) is 17.8. The van der Waals surface area contributed by atoms with Crippen LogP contribution in [0.2, 0.25) is 5.02 Å². The number of nitrogens with zero attached hydrogens (tertiary/aromatic N) is 2. The monoisotopic (exact) mass is 395 g/mol. The van der Waals surface area contributed by atoms with E-state index in [1.54, 1.807) is 18.3 Å². The van der Waals surface area contributed by atoms with Gasteiger partial charge in [0, 0.05) is 35.1 Å². The Kier molecular flexibility index (Phi) is 4.37. The normalized spacial score (nSPS) is 12.0. The minimum Gasteiger partial charge on any atom is -0.506 e. The van der Waals surface area contributed by atoms with Crippen LogP contribution in [-0.2, 0) is 11.2 Å². The van der Waals surface area contributed by atoms with Gasteiger partial charge in [-0.15, -0.1) is 0 Å². The first-order valence-corrected chi connectivity index (χ1v) is 8.69. The Hall–Kier alpha value is -3.58. The van der Waals surface area contributed by atoms with E-state index >= 15 is 0 Å². The molecule has 0 bridgehead atoms. The van der Waals surface area contributed by atoms with Gasteiger partial charge >= 0.3 is 5.97 Å². The quantitative estimate of drug-likeness (QED) is 0.305. The average molecular weight is 396 g/mol. The van der Waals surface area contributed by atoms with Crippen molar-refractivity contribution in [2.45, 2.75) is 6.42 Å². The zero-order valence-electron chi connectivity index (χ0n) is 14.3. The number of benzene rings is 2. The highest BCUT2D eigenvalue weighted by atomic mass is 35.5. The van der Waals surface area contributed by atoms with E-state index in [1.165, 1.54) is 6.20 Å². The molecule has 0 unspecified atom stereocenters. The molecule has 0 fully saturated rings. The number of rotatable bonds is 4. The lowest BCUT2D eigenvalue weighted by atomic mass is 10.1. The molecular formula is C20H14ClN3O4. The van der Waals surface area contributed by atoms with Crippen LogP contribution in [0.25, 0.3) is 21.8 Å². The highest BCUT2D eigenvalue weighted by molar-refractivity contribution is 6.39. The molecule has 140 valence electrons. The van der Waals surface area contributed by atoms with Gasteiger partial charge < -0.3 is 20.3 Å². The first-order chi connectivity index (χ1) is 13.5. The van der Waals surface area contributed by atoms with E-state index in [4.69, 9.17) is 11.6 Å². The van der Waals surface area contributed by atoms with Crippen LogP contribution in [0, 0.1) is 0 Å². The summed E-state index contributed by atoms with van der Waals surface area (Å²) in [6, 6.07) is 10.6. The van der Waals surface area contributed by atoms with Crippen LogP contribution < -0.4 is 0 Å². The fourth-order valence-corrected chi connectivity index (χ4v) is 3.32. The Morgan fingerprint density at radius 2 is 1.86 bits per heavy atom. The maximum Gasteiger partial charge on any atom is 0.350 e. The van der Waals surface area contributed by atoms with Crippen LogP contribution in [0.4, 0.5) is 5.69 Å². The van der Waals surface area contributed by atoms with Gasteiger partial charge in [0.2, 0.25) is 0 Å². The lowest BCUT2D eigenvalue weighted by molar-refractivity contribution is -0.129. The number of carboxylic acid groups (broad SMARTS) is 1. The number of para-hydroxylation sites is 1. The summed E-state index contributed by atoms with van der Waals surface area (Å²) >= 11 is 6.16. The number of hydrogen-bond donors (Lipinski definition) is 4. The van der Waals surface area contributed by atoms with E-state index in [0.717, 1.165) is 16.5 Å². The number of carboxylic acids is 1. The second-order valence-electron chi connectivity index (χ2n) is 6.16. The predicted octanol–water partition coefficient (Wildman–Crippen LogP) is 4.18. The summed E-state index contributed by atoms with van der Waals surface area (Å²) in [5.74, 6) is -1.98. The van der Waals surface area contributed by atoms with E-state index in [-0.39, 0.29) is 39.5 Å². The van der Waals surface area contributed by atoms with Gasteiger partial charge in [0.15, 0.2) is 5.75 Å². The molecule has 2 heterocycles. The van der Waals surface area contributed by atoms with Crippen LogP contribution in [0.3, 0.4) is 0 Å². The van der Waals surface area contributed by atoms with E-state index in [9.17, 15) is 20.1 Å². The molecule has 0 atom stereocenters. The van der Waals surface area contributed by atoms with Crippen molar-refractivity contribution in [2.75, 3.05) is 0 Å². The molecule has 2 aromatic carbocycles. The van der Waals surface area contributed by atoms with Crippen molar-refractivity contribution >= 4 is 50.8 Å². The summed E-state index contributed by atoms with van der Waals surface area (Å²) in [6.45, 7) is 0. The highest BCUT2D eigenvalue weighted by Gasteiger charge is 2.21. The average Bonchev–Trinajstić information content (AvgIpc) is 3.11. The number of aromatic amines is 1. The minimum atomic E-state index is -1.26. The zero-order chi connectivity index (χ0) is 19.8. The lowest BCUT2D eigenvalue weighted by Crippen LogP contribution is -2.15. The second kappa shape index (κ2) is 6.86. The Bertz CT molecular complexity index is 1260. The van der Waals surface area contributed by atoms with Crippen molar-refractivity contribution in [3.63, 3.8) is 0 Å². The summed E-state index contributed by atoms with van der Waals surface area (Å²) in [6.07, 6.45) is 3.15. The molecule has 7 nitrogen and oxygen atoms in total. The lowest BCUT2D eigenvalue weighted by Gasteiger charge is -2.10. The number of aromatic hydroxyl groups is 2. The van der Waals surface area contributed by atoms with Crippen LogP contribution in [0.1, 0.15) is 5.56 Å². The molecule has 4 N–H and O–H groups in total. The van der Waals surface area contributed by atoms with Gasteiger partial charge in [-0.2, -0.15) is 0 Å². The second-order valence-corrected chi connectivity index (χ2v) is 6.54. The van der Waals surface area contributed by atoms with Crippen molar-refractivity contribution in [1.82, 2.24) is 9.97 Å². The molecule has 4 aromatic rings. The van der Waals surface area contributed by atoms with Crippen LogP contribution in [0.5, 0.6) is 11.5 Å². The van der Waals surface area contributed by atoms with Crippen LogP contribution >= 0.6 is 11.6 Å². The molecule has 0 aliphatic rings. The van der Waals surface area contributed by atoms with Crippen LogP contribution in [-0.4, -0.2) is 37.0 Å². The summed E-state index contributed by atoms with van der Waals surface area (Å²) in [5, 5.41) is 31.3. The summed E-state index contributed by atoms with van der Waals surface area (Å²) in [7, 11) is 0. The number of phenolic OH excluding ortho intramolecular Hbond substituents is 2. The highest BCUT2D eigenvalue weighted by Crippen LogP contribution is 2.47. The van der Waals surface area contributed by atoms with E-state index in [1.807, 2.05) is 24.3 Å². The number of pyridine rings is 1. The predicted molar refractivity (Wildman–Crippen MR) is 107 cm³/mol. The number of nitrogens with one attached hydrogen (secondary N) is 1. The third-order valence-electron chi connectivity index (χ3n) is 4.45. The number of aliphatic imine (C=N–C) groups is 1. The number of halogens is 1. The number of hydrogen-bond acceptors (Lipinski definition) is 5. The Balaban J connectivity index is 1.86. The van der Waals surface area contributed by atoms with Crippen molar-refractivity contribution in [1.29, 1.82) is 0 Å². The Labute approximate surface area is 163 Å². The van der Waals surface area contributed by atoms with Crippen LogP contribution in [0.15, 0.2) is 53.8 Å². The smallest absolute Gasteiger partial charge is 0.350 e. The Morgan fingerprint density at radius 3 is 2.64 bits per heavy atom. The number of fused-ring (bicyclic) bond motifs is 2. The molecule has 28 heavy (non-hydrogen) atoms. The number of H-pyrrole nitrogens is 1. The summed E-state index contributed by atoms with van der Waals surface area (Å²) in [4.78, 5) is 23.0. The van der Waals surface area contributed by atoms with Gasteiger partial charge in [-0.25, -0.2) is 9.79 Å². The van der Waals surface area contributed by atoms with Gasteiger partial charge in [0.25, 0.3) is 0 Å². The molecule has 0 spiro atoms. The first-order valence-electron chi connectivity index (χ1n) is 8.31. The third kappa shape index (κ3) is 2.91. The topological polar surface area (TPSA) is 119 Å². The van der Waals surface area contributed by atoms with Gasteiger partial charge in [-0.1, -0.05) is 29.8 Å². The minimum absolute atomic E-state index is 0.00384. The summed E-state index contributed by atoms with van der Waals surface area (Å²) in [5.41, 5.74) is 1.21. The standard InChI is InChI=1S/C20H14ClN3O4/c21-15-17(19(26)16-12(18(15)25)5-3-7-22-16)24-14(20(27)28)8-10-9-23-13-6-2-1-4-11(10)13/h1-7,9,23,25-26H,8H2,(H,27,28). The van der Waals surface area contributed by atoms with Crippen molar-refractivity contribution in [3.05, 3.63) is 59.4 Å². The van der Waals surface area contributed by atoms with Crippen molar-refractivity contribution in [3.8, 4) is 11.5 Å². The molecule has 2 aromatic heterocycles. The van der Waals surface area contributed by atoms with Crippen molar-refractivity contribution < 1.29 is 20.1 Å². The molecule has 0 radical (unpaired) electrons. The molecule has 0 amide bonds. The van der Waals surface area contributed by atoms with E-state index in [2.05, 4.69) is 15.0 Å².